The van der Waals surface area contributed by atoms with Crippen molar-refractivity contribution in [1.29, 1.82) is 0 Å². The van der Waals surface area contributed by atoms with Gasteiger partial charge in [-0.25, -0.2) is 9.98 Å². The Hall–Kier alpha value is -3.29. The van der Waals surface area contributed by atoms with Crippen LogP contribution in [-0.2, 0) is 9.47 Å². The van der Waals surface area contributed by atoms with E-state index < -0.39 is 0 Å². The molecule has 8 nitrogen and oxygen atoms in total. The molecule has 4 heterocycles. The van der Waals surface area contributed by atoms with E-state index in [-0.39, 0.29) is 0 Å². The predicted molar refractivity (Wildman–Crippen MR) is 141 cm³/mol. The molecule has 5 rings (SSSR count). The second-order valence-electron chi connectivity index (χ2n) is 8.46. The highest BCUT2D eigenvalue weighted by molar-refractivity contribution is 7.20. The number of fused-ring (bicyclic) bond motifs is 1. The van der Waals surface area contributed by atoms with E-state index in [1.165, 1.54) is 0 Å². The second kappa shape index (κ2) is 11.0. The summed E-state index contributed by atoms with van der Waals surface area (Å²) in [7, 11) is 0. The Morgan fingerprint density at radius 2 is 2.11 bits per heavy atom. The largest absolute Gasteiger partial charge is 0.398 e. The van der Waals surface area contributed by atoms with Crippen LogP contribution < -0.4 is 16.0 Å². The third-order valence-electron chi connectivity index (χ3n) is 5.78. The fraction of sp³-hybridized carbons (Fsp3) is 0.346. The number of nitrogens with one attached hydrogen (secondary N) is 1. The summed E-state index contributed by atoms with van der Waals surface area (Å²) in [6.45, 7) is 7.11. The molecule has 2 aliphatic rings. The second-order valence-corrected chi connectivity index (χ2v) is 9.51. The lowest BCUT2D eigenvalue weighted by molar-refractivity contribution is -0.00322. The van der Waals surface area contributed by atoms with Crippen LogP contribution >= 0.6 is 11.3 Å². The van der Waals surface area contributed by atoms with Gasteiger partial charge in [-0.05, 0) is 30.7 Å². The molecule has 180 valence electrons. The maximum atomic E-state index is 6.24. The minimum Gasteiger partial charge on any atom is -0.398 e. The van der Waals surface area contributed by atoms with Crippen LogP contribution in [0.4, 0.5) is 11.8 Å². The molecule has 3 aromatic rings. The van der Waals surface area contributed by atoms with Crippen LogP contribution in [0.15, 0.2) is 41.4 Å². The van der Waals surface area contributed by atoms with E-state index in [0.717, 1.165) is 58.3 Å². The number of allylic oxidation sites excluding steroid dienone is 1. The molecule has 35 heavy (non-hydrogen) atoms. The van der Waals surface area contributed by atoms with Crippen molar-refractivity contribution in [2.75, 3.05) is 51.0 Å². The molecule has 0 radical (unpaired) electrons. The van der Waals surface area contributed by atoms with Crippen LogP contribution in [0.5, 0.6) is 0 Å². The Balaban J connectivity index is 1.40. The first-order chi connectivity index (χ1) is 17.2. The van der Waals surface area contributed by atoms with E-state index in [9.17, 15) is 0 Å². The van der Waals surface area contributed by atoms with Crippen molar-refractivity contribution in [3.63, 3.8) is 0 Å². The smallest absolute Gasteiger partial charge is 0.251 e. The summed E-state index contributed by atoms with van der Waals surface area (Å²) in [5.41, 5.74) is 9.84. The van der Waals surface area contributed by atoms with Crippen molar-refractivity contribution < 1.29 is 9.47 Å². The molecular weight excluding hydrogens is 460 g/mol. The zero-order valence-electron chi connectivity index (χ0n) is 19.7. The first-order valence-electron chi connectivity index (χ1n) is 11.7. The lowest BCUT2D eigenvalue weighted by Crippen LogP contribution is -2.45. The molecule has 0 atom stereocenters. The predicted octanol–water partition coefficient (Wildman–Crippen LogP) is 2.88. The van der Waals surface area contributed by atoms with Crippen molar-refractivity contribution in [2.45, 2.75) is 13.0 Å². The van der Waals surface area contributed by atoms with Gasteiger partial charge in [-0.3, -0.25) is 5.32 Å². The number of anilines is 1. The number of morpholine rings is 1. The summed E-state index contributed by atoms with van der Waals surface area (Å²) in [6.07, 6.45) is 3.44. The Morgan fingerprint density at radius 3 is 2.89 bits per heavy atom. The third-order valence-corrected chi connectivity index (χ3v) is 6.81. The summed E-state index contributed by atoms with van der Waals surface area (Å²) in [6, 6.07) is 10.5. The van der Waals surface area contributed by atoms with Gasteiger partial charge in [0.05, 0.1) is 54.1 Å². The minimum atomic E-state index is 0.399. The topological polar surface area (TPSA) is 97.9 Å². The van der Waals surface area contributed by atoms with E-state index >= 15 is 0 Å². The number of hydrogen-bond donors (Lipinski definition) is 2. The zero-order chi connectivity index (χ0) is 24.0. The van der Waals surface area contributed by atoms with Gasteiger partial charge in [-0.1, -0.05) is 35.6 Å². The van der Waals surface area contributed by atoms with E-state index in [4.69, 9.17) is 20.2 Å². The molecule has 0 spiro atoms. The molecule has 0 aliphatic carbocycles. The number of benzene rings is 1. The van der Waals surface area contributed by atoms with Gasteiger partial charge in [0.1, 0.15) is 0 Å². The maximum Gasteiger partial charge on any atom is 0.251 e. The SMILES string of the molecule is Cc1cccc(/C(N)=C/C=N/c2nc(N3CCOCC3)c3sc(C#CCNC4COC4)cc3n2)c1. The molecule has 0 bridgehead atoms. The van der Waals surface area contributed by atoms with Crippen molar-refractivity contribution in [3.8, 4) is 11.8 Å². The van der Waals surface area contributed by atoms with Crippen molar-refractivity contribution >= 4 is 45.2 Å². The molecule has 2 saturated heterocycles. The number of rotatable bonds is 6. The maximum absolute atomic E-state index is 6.24. The fourth-order valence-corrected chi connectivity index (χ4v) is 4.79. The molecule has 2 aromatic heterocycles. The molecule has 0 amide bonds. The van der Waals surface area contributed by atoms with Gasteiger partial charge in [0.2, 0.25) is 0 Å². The number of thiophene rings is 1. The first-order valence-corrected chi connectivity index (χ1v) is 12.5. The monoisotopic (exact) mass is 488 g/mol. The van der Waals surface area contributed by atoms with Crippen molar-refractivity contribution in [2.24, 2.45) is 10.7 Å². The Kier molecular flexibility index (Phi) is 7.35. The summed E-state index contributed by atoms with van der Waals surface area (Å²) < 4.78 is 11.7. The number of ether oxygens (including phenoxy) is 2. The number of aromatic nitrogens is 2. The van der Waals surface area contributed by atoms with Gasteiger partial charge < -0.3 is 20.1 Å². The van der Waals surface area contributed by atoms with Crippen molar-refractivity contribution in [1.82, 2.24) is 15.3 Å². The van der Waals surface area contributed by atoms with Crippen LogP contribution in [0.1, 0.15) is 16.0 Å². The van der Waals surface area contributed by atoms with Crippen LogP contribution in [0.25, 0.3) is 15.9 Å². The summed E-state index contributed by atoms with van der Waals surface area (Å²) in [4.78, 5) is 17.2. The molecule has 1 aromatic carbocycles. The Labute approximate surface area is 208 Å². The van der Waals surface area contributed by atoms with Gasteiger partial charge in [-0.15, -0.1) is 11.3 Å². The summed E-state index contributed by atoms with van der Waals surface area (Å²) in [5.74, 6) is 7.74. The highest BCUT2D eigenvalue weighted by Crippen LogP contribution is 2.33. The number of aliphatic imine (C=N–C) groups is 1. The van der Waals surface area contributed by atoms with Crippen LogP contribution in [0.2, 0.25) is 0 Å². The van der Waals surface area contributed by atoms with Gasteiger partial charge in [0.15, 0.2) is 5.82 Å². The van der Waals surface area contributed by atoms with E-state index in [2.05, 4.69) is 32.0 Å². The average molecular weight is 489 g/mol. The third kappa shape index (κ3) is 5.86. The Bertz CT molecular complexity index is 1310. The Morgan fingerprint density at radius 1 is 1.26 bits per heavy atom. The zero-order valence-corrected chi connectivity index (χ0v) is 20.5. The molecule has 0 saturated carbocycles. The summed E-state index contributed by atoms with van der Waals surface area (Å²) in [5, 5.41) is 3.36. The normalized spacial score (nSPS) is 16.9. The van der Waals surface area contributed by atoms with Crippen LogP contribution in [0, 0.1) is 18.8 Å². The molecule has 3 N–H and O–H groups in total. The van der Waals surface area contributed by atoms with Crippen LogP contribution in [-0.4, -0.2) is 68.3 Å². The molecule has 2 fully saturated rings. The number of aryl methyl sites for hydroxylation is 1. The molecular formula is C26H28N6O2S. The standard InChI is InChI=1S/C26H28N6O2S/c1-18-4-2-5-19(14-18)22(27)7-9-29-26-30-23-15-21(6-3-8-28-20-16-34-17-20)35-24(23)25(31-26)32-10-12-33-13-11-32/h2,4-5,7,9,14-15,20,28H,8,10-13,16-17,27H2,1H3/b22-7-,29-9+. The highest BCUT2D eigenvalue weighted by atomic mass is 32.1. The quantitative estimate of drug-likeness (QED) is 0.407. The van der Waals surface area contributed by atoms with E-state index in [0.29, 0.717) is 37.4 Å². The van der Waals surface area contributed by atoms with Gasteiger partial charge in [0, 0.05) is 25.0 Å². The first kappa shape index (κ1) is 23.5. The van der Waals surface area contributed by atoms with Crippen molar-refractivity contribution in [3.05, 3.63) is 52.4 Å². The van der Waals surface area contributed by atoms with Gasteiger partial charge in [-0.2, -0.15) is 4.98 Å². The van der Waals surface area contributed by atoms with Gasteiger partial charge >= 0.3 is 0 Å². The molecule has 2 aliphatic heterocycles. The lowest BCUT2D eigenvalue weighted by atomic mass is 10.1. The minimum absolute atomic E-state index is 0.399. The number of nitrogens with zero attached hydrogens (tertiary/aromatic N) is 4. The average Bonchev–Trinajstić information content (AvgIpc) is 3.25. The number of hydrogen-bond acceptors (Lipinski definition) is 9. The fourth-order valence-electron chi connectivity index (χ4n) is 3.80. The van der Waals surface area contributed by atoms with Gasteiger partial charge in [0.25, 0.3) is 5.95 Å². The van der Waals surface area contributed by atoms with Crippen LogP contribution in [0.3, 0.4) is 0 Å². The molecule has 0 unspecified atom stereocenters. The number of nitrogens with two attached hydrogens (primary N) is 1. The van der Waals surface area contributed by atoms with E-state index in [1.54, 1.807) is 23.6 Å². The van der Waals surface area contributed by atoms with E-state index in [1.807, 2.05) is 37.3 Å². The summed E-state index contributed by atoms with van der Waals surface area (Å²) >= 11 is 1.61. The lowest BCUT2D eigenvalue weighted by Gasteiger charge is -2.28. The highest BCUT2D eigenvalue weighted by Gasteiger charge is 2.19. The molecule has 9 heteroatoms.